The molecule has 10 heteroatoms. The van der Waals surface area contributed by atoms with Crippen LogP contribution in [-0.4, -0.2) is 34.5 Å². The van der Waals surface area contributed by atoms with Crippen molar-refractivity contribution in [3.8, 4) is 0 Å². The Morgan fingerprint density at radius 2 is 1.81 bits per heavy atom. The molecule has 136 valence electrons. The normalized spacial score (nSPS) is 13.7. The van der Waals surface area contributed by atoms with Crippen LogP contribution in [-0.2, 0) is 14.4 Å². The number of amides is 3. The van der Waals surface area contributed by atoms with Gasteiger partial charge in [-0.1, -0.05) is 28.1 Å². The molecule has 0 atom stereocenters. The highest BCUT2D eigenvalue weighted by Crippen LogP contribution is 2.26. The highest BCUT2D eigenvalue weighted by Gasteiger charge is 2.27. The van der Waals surface area contributed by atoms with Gasteiger partial charge in [0.1, 0.15) is 0 Å². The van der Waals surface area contributed by atoms with Crippen LogP contribution in [0.4, 0.5) is 11.4 Å². The smallest absolute Gasteiger partial charge is 0.337 e. The molecule has 0 aromatic heterocycles. The molecule has 1 aliphatic heterocycles. The van der Waals surface area contributed by atoms with Crippen molar-refractivity contribution in [2.24, 2.45) is 5.10 Å². The number of hydrogen-bond donors (Lipinski definition) is 4. The summed E-state index contributed by atoms with van der Waals surface area (Å²) in [6, 6.07) is 10.7. The molecule has 3 rings (SSSR count). The maximum atomic E-state index is 12.0. The van der Waals surface area contributed by atoms with E-state index in [9.17, 15) is 19.2 Å². The Bertz CT molecular complexity index is 1020. The third-order valence-electron chi connectivity index (χ3n) is 3.58. The molecule has 0 fully saturated rings. The number of benzene rings is 2. The van der Waals surface area contributed by atoms with Gasteiger partial charge in [-0.05, 0) is 30.3 Å². The SMILES string of the molecule is O=C(N/N=C1/C(=O)Nc2ccc(Br)cc21)C(=O)Nc1ccccc1C(=O)O. The van der Waals surface area contributed by atoms with Gasteiger partial charge in [-0.15, -0.1) is 0 Å². The third kappa shape index (κ3) is 3.85. The minimum atomic E-state index is -1.25. The zero-order chi connectivity index (χ0) is 19.6. The molecule has 0 saturated carbocycles. The molecule has 4 N–H and O–H groups in total. The van der Waals surface area contributed by atoms with E-state index < -0.39 is 23.7 Å². The quantitative estimate of drug-likeness (QED) is 0.432. The fourth-order valence-corrected chi connectivity index (χ4v) is 2.71. The molecule has 1 aliphatic rings. The summed E-state index contributed by atoms with van der Waals surface area (Å²) < 4.78 is 0.708. The number of nitrogens with one attached hydrogen (secondary N) is 3. The van der Waals surface area contributed by atoms with E-state index in [-0.39, 0.29) is 17.0 Å². The van der Waals surface area contributed by atoms with Crippen molar-refractivity contribution in [1.29, 1.82) is 0 Å². The molecular formula is C17H11BrN4O5. The molecule has 0 radical (unpaired) electrons. The summed E-state index contributed by atoms with van der Waals surface area (Å²) >= 11 is 3.28. The van der Waals surface area contributed by atoms with Gasteiger partial charge in [0.2, 0.25) is 0 Å². The largest absolute Gasteiger partial charge is 0.478 e. The molecule has 1 heterocycles. The minimum Gasteiger partial charge on any atom is -0.478 e. The maximum absolute atomic E-state index is 12.0. The topological polar surface area (TPSA) is 137 Å². The summed E-state index contributed by atoms with van der Waals surface area (Å²) in [7, 11) is 0. The van der Waals surface area contributed by atoms with Crippen LogP contribution in [0.5, 0.6) is 0 Å². The monoisotopic (exact) mass is 430 g/mol. The second-order valence-corrected chi connectivity index (χ2v) is 6.27. The molecule has 0 aliphatic carbocycles. The lowest BCUT2D eigenvalue weighted by Crippen LogP contribution is -2.34. The first-order valence-corrected chi connectivity index (χ1v) is 8.28. The van der Waals surface area contributed by atoms with Gasteiger partial charge in [0.05, 0.1) is 16.9 Å². The molecule has 2 aromatic carbocycles. The maximum Gasteiger partial charge on any atom is 0.337 e. The third-order valence-corrected chi connectivity index (χ3v) is 4.07. The van der Waals surface area contributed by atoms with E-state index in [2.05, 4.69) is 31.7 Å². The predicted molar refractivity (Wildman–Crippen MR) is 99.5 cm³/mol. The van der Waals surface area contributed by atoms with E-state index in [0.29, 0.717) is 15.7 Å². The van der Waals surface area contributed by atoms with Gasteiger partial charge >= 0.3 is 17.8 Å². The van der Waals surface area contributed by atoms with Crippen molar-refractivity contribution < 1.29 is 24.3 Å². The van der Waals surface area contributed by atoms with Crippen LogP contribution in [0, 0.1) is 0 Å². The van der Waals surface area contributed by atoms with Gasteiger partial charge in [0, 0.05) is 10.0 Å². The van der Waals surface area contributed by atoms with Crippen LogP contribution in [0.15, 0.2) is 52.0 Å². The van der Waals surface area contributed by atoms with Crippen LogP contribution in [0.1, 0.15) is 15.9 Å². The second-order valence-electron chi connectivity index (χ2n) is 5.35. The molecule has 0 unspecified atom stereocenters. The summed E-state index contributed by atoms with van der Waals surface area (Å²) in [5.41, 5.74) is 2.72. The summed E-state index contributed by atoms with van der Waals surface area (Å²) in [6.45, 7) is 0. The van der Waals surface area contributed by atoms with Gasteiger partial charge in [-0.25, -0.2) is 10.2 Å². The molecule has 3 amide bonds. The van der Waals surface area contributed by atoms with Crippen molar-refractivity contribution >= 4 is 56.7 Å². The molecule has 0 spiro atoms. The minimum absolute atomic E-state index is 0.0364. The van der Waals surface area contributed by atoms with Crippen molar-refractivity contribution in [1.82, 2.24) is 5.43 Å². The number of aromatic carboxylic acids is 1. The standard InChI is InChI=1S/C17H11BrN4O5/c18-8-5-6-12-10(7-8)13(14(23)19-12)21-22-16(25)15(24)20-11-4-2-1-3-9(11)17(26)27/h1-7H,(H,20,24)(H,22,25)(H,26,27)(H,19,21,23). The highest BCUT2D eigenvalue weighted by atomic mass is 79.9. The summed E-state index contributed by atoms with van der Waals surface area (Å²) in [6.07, 6.45) is 0. The summed E-state index contributed by atoms with van der Waals surface area (Å²) in [5.74, 6) is -4.06. The highest BCUT2D eigenvalue weighted by molar-refractivity contribution is 9.10. The predicted octanol–water partition coefficient (Wildman–Crippen LogP) is 1.56. The Hall–Kier alpha value is -3.53. The first-order valence-electron chi connectivity index (χ1n) is 7.49. The van der Waals surface area contributed by atoms with Crippen molar-refractivity contribution in [3.05, 3.63) is 58.1 Å². The van der Waals surface area contributed by atoms with Gasteiger partial charge in [0.15, 0.2) is 5.71 Å². The number of anilines is 2. The molecule has 9 nitrogen and oxygen atoms in total. The number of hydrazone groups is 1. The molecule has 27 heavy (non-hydrogen) atoms. The first kappa shape index (κ1) is 18.3. The Kier molecular flexibility index (Phi) is 4.99. The van der Waals surface area contributed by atoms with Gasteiger partial charge < -0.3 is 15.7 Å². The average molecular weight is 431 g/mol. The number of fused-ring (bicyclic) bond motifs is 1. The van der Waals surface area contributed by atoms with E-state index in [1.807, 2.05) is 5.43 Å². The van der Waals surface area contributed by atoms with Gasteiger partial charge in [0.25, 0.3) is 5.91 Å². The van der Waals surface area contributed by atoms with E-state index in [1.165, 1.54) is 24.3 Å². The number of carboxylic acid groups (broad SMARTS) is 1. The van der Waals surface area contributed by atoms with Crippen LogP contribution in [0.3, 0.4) is 0 Å². The van der Waals surface area contributed by atoms with Crippen molar-refractivity contribution in [2.75, 3.05) is 10.6 Å². The van der Waals surface area contributed by atoms with E-state index in [1.54, 1.807) is 18.2 Å². The molecule has 0 saturated heterocycles. The lowest BCUT2D eigenvalue weighted by Gasteiger charge is -2.07. The Morgan fingerprint density at radius 3 is 2.56 bits per heavy atom. The Balaban J connectivity index is 1.74. The van der Waals surface area contributed by atoms with Crippen LogP contribution in [0.25, 0.3) is 0 Å². The van der Waals surface area contributed by atoms with Crippen molar-refractivity contribution in [3.63, 3.8) is 0 Å². The van der Waals surface area contributed by atoms with Crippen LogP contribution < -0.4 is 16.1 Å². The zero-order valence-corrected chi connectivity index (χ0v) is 15.0. The summed E-state index contributed by atoms with van der Waals surface area (Å²) in [4.78, 5) is 47.0. The lowest BCUT2D eigenvalue weighted by atomic mass is 10.1. The number of carbonyl (C=O) groups is 4. The number of hydrogen-bond acceptors (Lipinski definition) is 5. The summed E-state index contributed by atoms with van der Waals surface area (Å²) in [5, 5.41) is 17.6. The van der Waals surface area contributed by atoms with Gasteiger partial charge in [-0.2, -0.15) is 5.10 Å². The number of halogens is 1. The number of rotatable bonds is 3. The number of para-hydroxylation sites is 1. The Labute approximate surface area is 160 Å². The number of nitrogens with zero attached hydrogens (tertiary/aromatic N) is 1. The number of carbonyl (C=O) groups excluding carboxylic acids is 3. The zero-order valence-electron chi connectivity index (χ0n) is 13.4. The molecule has 0 bridgehead atoms. The number of carboxylic acids is 1. The van der Waals surface area contributed by atoms with Crippen molar-refractivity contribution in [2.45, 2.75) is 0 Å². The second kappa shape index (κ2) is 7.38. The fourth-order valence-electron chi connectivity index (χ4n) is 2.35. The van der Waals surface area contributed by atoms with Crippen LogP contribution >= 0.6 is 15.9 Å². The Morgan fingerprint density at radius 1 is 1.07 bits per heavy atom. The van der Waals surface area contributed by atoms with Gasteiger partial charge in [-0.3, -0.25) is 14.4 Å². The first-order chi connectivity index (χ1) is 12.9. The molecular weight excluding hydrogens is 420 g/mol. The van der Waals surface area contributed by atoms with E-state index in [0.717, 1.165) is 0 Å². The van der Waals surface area contributed by atoms with E-state index >= 15 is 0 Å². The fraction of sp³-hybridized carbons (Fsp3) is 0. The van der Waals surface area contributed by atoms with E-state index in [4.69, 9.17) is 5.11 Å². The average Bonchev–Trinajstić information content (AvgIpc) is 2.94. The lowest BCUT2D eigenvalue weighted by molar-refractivity contribution is -0.136. The van der Waals surface area contributed by atoms with Crippen LogP contribution in [0.2, 0.25) is 0 Å². The molecule has 2 aromatic rings.